The fraction of sp³-hybridized carbons (Fsp3) is 0.222. The number of halogens is 1. The number of hydrogen-bond acceptors (Lipinski definition) is 3. The molecule has 0 spiro atoms. The van der Waals surface area contributed by atoms with E-state index in [2.05, 4.69) is 5.32 Å². The zero-order valence-corrected chi connectivity index (χ0v) is 8.20. The highest BCUT2D eigenvalue weighted by atomic mass is 19.1. The Hall–Kier alpha value is -1.98. The van der Waals surface area contributed by atoms with Gasteiger partial charge >= 0.3 is 0 Å². The third-order valence-electron chi connectivity index (χ3n) is 1.78. The predicted molar refractivity (Wildman–Crippen MR) is 52.1 cm³/mol. The minimum atomic E-state index is -0.742. The first-order valence-electron chi connectivity index (χ1n) is 4.14. The molecule has 0 saturated heterocycles. The Morgan fingerprint density at radius 2 is 2.13 bits per heavy atom. The number of anilines is 1. The maximum Gasteiger partial charge on any atom is 0.295 e. The van der Waals surface area contributed by atoms with Crippen molar-refractivity contribution in [1.29, 1.82) is 0 Å². The van der Waals surface area contributed by atoms with Crippen molar-refractivity contribution in [2.45, 2.75) is 13.8 Å². The average molecular weight is 212 g/mol. The molecule has 15 heavy (non-hydrogen) atoms. The van der Waals surface area contributed by atoms with Crippen molar-refractivity contribution in [3.63, 3.8) is 0 Å². The lowest BCUT2D eigenvalue weighted by Crippen LogP contribution is -2.08. The second kappa shape index (κ2) is 4.04. The van der Waals surface area contributed by atoms with Gasteiger partial charge < -0.3 is 5.32 Å². The minimum Gasteiger partial charge on any atom is -0.321 e. The van der Waals surface area contributed by atoms with Crippen LogP contribution in [0.15, 0.2) is 12.1 Å². The van der Waals surface area contributed by atoms with Crippen LogP contribution in [0, 0.1) is 22.9 Å². The molecule has 1 aromatic carbocycles. The number of aryl methyl sites for hydroxylation is 1. The molecule has 0 atom stereocenters. The molecule has 5 nitrogen and oxygen atoms in total. The Kier molecular flexibility index (Phi) is 2.99. The third kappa shape index (κ3) is 2.49. The third-order valence-corrected chi connectivity index (χ3v) is 1.78. The van der Waals surface area contributed by atoms with Crippen molar-refractivity contribution >= 4 is 17.3 Å². The van der Waals surface area contributed by atoms with Crippen molar-refractivity contribution < 1.29 is 14.1 Å². The summed E-state index contributed by atoms with van der Waals surface area (Å²) < 4.78 is 13.0. The summed E-state index contributed by atoms with van der Waals surface area (Å²) in [6.45, 7) is 2.69. The van der Waals surface area contributed by atoms with E-state index in [1.54, 1.807) is 0 Å². The molecular formula is C9H9FN2O3. The zero-order valence-electron chi connectivity index (χ0n) is 8.20. The standard InChI is InChI=1S/C9H9FN2O3/c1-5-3-8(11-6(2)13)9(12(14)15)4-7(5)10/h3-4H,1-2H3,(H,11,13). The molecular weight excluding hydrogens is 203 g/mol. The summed E-state index contributed by atoms with van der Waals surface area (Å²) in [7, 11) is 0. The van der Waals surface area contributed by atoms with Crippen molar-refractivity contribution in [3.05, 3.63) is 33.6 Å². The van der Waals surface area contributed by atoms with Gasteiger partial charge in [0.15, 0.2) is 0 Å². The lowest BCUT2D eigenvalue weighted by atomic mass is 10.2. The first kappa shape index (κ1) is 11.1. The van der Waals surface area contributed by atoms with Gasteiger partial charge in [0.05, 0.1) is 11.0 Å². The number of carbonyl (C=O) groups excluding carboxylic acids is 1. The Balaban J connectivity index is 3.28. The quantitative estimate of drug-likeness (QED) is 0.601. The largest absolute Gasteiger partial charge is 0.321 e. The molecule has 1 aromatic rings. The summed E-state index contributed by atoms with van der Waals surface area (Å²) in [5.74, 6) is -1.11. The van der Waals surface area contributed by atoms with Crippen LogP contribution in [0.1, 0.15) is 12.5 Å². The number of benzene rings is 1. The summed E-state index contributed by atoms with van der Waals surface area (Å²) in [6.07, 6.45) is 0. The molecule has 0 radical (unpaired) electrons. The number of rotatable bonds is 2. The second-order valence-electron chi connectivity index (χ2n) is 3.06. The molecule has 0 unspecified atom stereocenters. The van der Waals surface area contributed by atoms with Gasteiger partial charge in [-0.3, -0.25) is 14.9 Å². The molecule has 0 heterocycles. The highest BCUT2D eigenvalue weighted by Crippen LogP contribution is 2.27. The average Bonchev–Trinajstić information content (AvgIpc) is 2.09. The normalized spacial score (nSPS) is 9.80. The Bertz CT molecular complexity index is 432. The maximum atomic E-state index is 13.0. The summed E-state index contributed by atoms with van der Waals surface area (Å²) in [4.78, 5) is 20.6. The Morgan fingerprint density at radius 3 is 2.60 bits per heavy atom. The van der Waals surface area contributed by atoms with Crippen LogP contribution in [-0.4, -0.2) is 10.8 Å². The highest BCUT2D eigenvalue weighted by Gasteiger charge is 2.17. The van der Waals surface area contributed by atoms with Crippen molar-refractivity contribution in [1.82, 2.24) is 0 Å². The molecule has 0 fully saturated rings. The predicted octanol–water partition coefficient (Wildman–Crippen LogP) is 2.00. The van der Waals surface area contributed by atoms with Crippen LogP contribution in [0.5, 0.6) is 0 Å². The Labute approximate surface area is 85.1 Å². The summed E-state index contributed by atoms with van der Waals surface area (Å²) in [5.41, 5.74) is -0.205. The van der Waals surface area contributed by atoms with Gasteiger partial charge in [-0.15, -0.1) is 0 Å². The van der Waals surface area contributed by atoms with Crippen LogP contribution in [0.3, 0.4) is 0 Å². The lowest BCUT2D eigenvalue weighted by molar-refractivity contribution is -0.384. The monoisotopic (exact) mass is 212 g/mol. The van der Waals surface area contributed by atoms with E-state index in [1.165, 1.54) is 19.9 Å². The van der Waals surface area contributed by atoms with Gasteiger partial charge in [0, 0.05) is 6.92 Å². The first-order chi connectivity index (χ1) is 6.91. The molecule has 0 aromatic heterocycles. The molecule has 0 bridgehead atoms. The van der Waals surface area contributed by atoms with Crippen LogP contribution in [0.4, 0.5) is 15.8 Å². The lowest BCUT2D eigenvalue weighted by Gasteiger charge is -2.05. The fourth-order valence-electron chi connectivity index (χ4n) is 1.11. The topological polar surface area (TPSA) is 72.2 Å². The van der Waals surface area contributed by atoms with Gasteiger partial charge in [-0.25, -0.2) is 4.39 Å². The van der Waals surface area contributed by atoms with E-state index >= 15 is 0 Å². The number of nitrogens with one attached hydrogen (secondary N) is 1. The van der Waals surface area contributed by atoms with Crippen LogP contribution >= 0.6 is 0 Å². The fourth-order valence-corrected chi connectivity index (χ4v) is 1.11. The number of carbonyl (C=O) groups is 1. The number of nitrogens with zero attached hydrogens (tertiary/aromatic N) is 1. The summed E-state index contributed by atoms with van der Waals surface area (Å²) in [6, 6.07) is 2.02. The second-order valence-corrected chi connectivity index (χ2v) is 3.06. The van der Waals surface area contributed by atoms with Crippen molar-refractivity contribution in [2.75, 3.05) is 5.32 Å². The molecule has 6 heteroatoms. The van der Waals surface area contributed by atoms with Crippen LogP contribution in [0.2, 0.25) is 0 Å². The van der Waals surface area contributed by atoms with E-state index in [4.69, 9.17) is 0 Å². The van der Waals surface area contributed by atoms with E-state index < -0.39 is 22.3 Å². The van der Waals surface area contributed by atoms with Gasteiger partial charge in [0.1, 0.15) is 11.5 Å². The molecule has 0 saturated carbocycles. The SMILES string of the molecule is CC(=O)Nc1cc(C)c(F)cc1[N+](=O)[O-]. The van der Waals surface area contributed by atoms with E-state index in [0.29, 0.717) is 0 Å². The van der Waals surface area contributed by atoms with Gasteiger partial charge in [-0.05, 0) is 18.6 Å². The van der Waals surface area contributed by atoms with Gasteiger partial charge in [-0.2, -0.15) is 0 Å². The minimum absolute atomic E-state index is 0.00593. The summed E-state index contributed by atoms with van der Waals surface area (Å²) in [5, 5.41) is 12.8. The smallest absolute Gasteiger partial charge is 0.295 e. The van der Waals surface area contributed by atoms with Gasteiger partial charge in [-0.1, -0.05) is 0 Å². The van der Waals surface area contributed by atoms with Crippen LogP contribution in [0.25, 0.3) is 0 Å². The number of amides is 1. The number of nitro benzene ring substituents is 1. The molecule has 1 amide bonds. The zero-order chi connectivity index (χ0) is 11.6. The molecule has 0 aliphatic carbocycles. The van der Waals surface area contributed by atoms with Gasteiger partial charge in [0.2, 0.25) is 5.91 Å². The molecule has 80 valence electrons. The molecule has 1 rings (SSSR count). The Morgan fingerprint density at radius 1 is 1.53 bits per heavy atom. The highest BCUT2D eigenvalue weighted by molar-refractivity contribution is 5.91. The van der Waals surface area contributed by atoms with E-state index in [9.17, 15) is 19.3 Å². The molecule has 1 N–H and O–H groups in total. The summed E-state index contributed by atoms with van der Waals surface area (Å²) >= 11 is 0. The van der Waals surface area contributed by atoms with Crippen molar-refractivity contribution in [3.8, 4) is 0 Å². The van der Waals surface area contributed by atoms with E-state index in [0.717, 1.165) is 6.07 Å². The van der Waals surface area contributed by atoms with Gasteiger partial charge in [0.25, 0.3) is 5.69 Å². The van der Waals surface area contributed by atoms with E-state index in [1.807, 2.05) is 0 Å². The number of nitro groups is 1. The first-order valence-corrected chi connectivity index (χ1v) is 4.14. The van der Waals surface area contributed by atoms with Crippen molar-refractivity contribution in [2.24, 2.45) is 0 Å². The molecule has 0 aliphatic heterocycles. The maximum absolute atomic E-state index is 13.0. The van der Waals surface area contributed by atoms with Crippen LogP contribution < -0.4 is 5.32 Å². The van der Waals surface area contributed by atoms with Crippen LogP contribution in [-0.2, 0) is 4.79 Å². The van der Waals surface area contributed by atoms with E-state index in [-0.39, 0.29) is 11.3 Å². The molecule has 0 aliphatic rings. The number of hydrogen-bond donors (Lipinski definition) is 1.